The van der Waals surface area contributed by atoms with Crippen molar-refractivity contribution in [3.63, 3.8) is 0 Å². The maximum absolute atomic E-state index is 12.3. The van der Waals surface area contributed by atoms with Crippen molar-refractivity contribution in [1.82, 2.24) is 14.7 Å². The highest BCUT2D eigenvalue weighted by molar-refractivity contribution is 5.70. The van der Waals surface area contributed by atoms with Crippen LogP contribution in [0, 0.1) is 12.3 Å². The van der Waals surface area contributed by atoms with Gasteiger partial charge in [0.25, 0.3) is 0 Å². The van der Waals surface area contributed by atoms with E-state index in [1.807, 2.05) is 27.7 Å². The van der Waals surface area contributed by atoms with E-state index < -0.39 is 12.0 Å². The number of ether oxygens (including phenoxy) is 2. The van der Waals surface area contributed by atoms with Crippen molar-refractivity contribution in [2.75, 3.05) is 31.1 Å². The van der Waals surface area contributed by atoms with Crippen LogP contribution in [0.5, 0.6) is 5.75 Å². The van der Waals surface area contributed by atoms with Crippen molar-refractivity contribution in [1.29, 1.82) is 0 Å². The monoisotopic (exact) mass is 438 g/mol. The molecule has 0 bridgehead atoms. The van der Waals surface area contributed by atoms with E-state index in [1.54, 1.807) is 15.8 Å². The molecule has 1 aromatic carbocycles. The molecule has 0 N–H and O–H groups in total. The van der Waals surface area contributed by atoms with Crippen molar-refractivity contribution < 1.29 is 27.4 Å². The predicted octanol–water partition coefficient (Wildman–Crippen LogP) is 4.14. The van der Waals surface area contributed by atoms with Crippen LogP contribution in [0.1, 0.15) is 26.5 Å². The number of carbonyl (C=O) groups is 1. The van der Waals surface area contributed by atoms with Gasteiger partial charge in [0, 0.05) is 31.6 Å². The lowest BCUT2D eigenvalue weighted by Gasteiger charge is -2.60. The van der Waals surface area contributed by atoms with Crippen LogP contribution in [0.2, 0.25) is 0 Å². The third-order valence-corrected chi connectivity index (χ3v) is 5.40. The number of rotatable bonds is 3. The third-order valence-electron chi connectivity index (χ3n) is 5.40. The molecule has 1 amide bonds. The van der Waals surface area contributed by atoms with Crippen molar-refractivity contribution in [2.24, 2.45) is 5.41 Å². The van der Waals surface area contributed by atoms with Gasteiger partial charge in [-0.05, 0) is 52.0 Å². The zero-order valence-electron chi connectivity index (χ0n) is 17.9. The van der Waals surface area contributed by atoms with E-state index in [1.165, 1.54) is 24.3 Å². The summed E-state index contributed by atoms with van der Waals surface area (Å²) in [7, 11) is 0. The zero-order chi connectivity index (χ0) is 22.6. The Hall–Kier alpha value is -2.91. The number of likely N-dealkylation sites (tertiary alicyclic amines) is 1. The van der Waals surface area contributed by atoms with Crippen LogP contribution < -0.4 is 9.64 Å². The summed E-state index contributed by atoms with van der Waals surface area (Å²) < 4.78 is 48.0. The molecule has 0 atom stereocenters. The summed E-state index contributed by atoms with van der Waals surface area (Å²) in [6.45, 7) is 10.4. The van der Waals surface area contributed by atoms with Crippen LogP contribution in [-0.4, -0.2) is 58.9 Å². The van der Waals surface area contributed by atoms with Gasteiger partial charge in [0.05, 0.1) is 23.3 Å². The summed E-state index contributed by atoms with van der Waals surface area (Å²) >= 11 is 0. The highest BCUT2D eigenvalue weighted by Crippen LogP contribution is 2.43. The van der Waals surface area contributed by atoms with E-state index >= 15 is 0 Å². The van der Waals surface area contributed by atoms with E-state index in [-0.39, 0.29) is 17.3 Å². The van der Waals surface area contributed by atoms with Crippen LogP contribution in [-0.2, 0) is 4.74 Å². The fraction of sp³-hybridized carbons (Fsp3) is 0.524. The van der Waals surface area contributed by atoms with E-state index in [2.05, 4.69) is 14.7 Å². The molecule has 0 saturated carbocycles. The van der Waals surface area contributed by atoms with Gasteiger partial charge >= 0.3 is 12.5 Å². The maximum Gasteiger partial charge on any atom is 0.573 e. The number of alkyl halides is 3. The zero-order valence-corrected chi connectivity index (χ0v) is 17.9. The average molecular weight is 438 g/mol. The van der Waals surface area contributed by atoms with Crippen molar-refractivity contribution in [3.05, 3.63) is 36.2 Å². The summed E-state index contributed by atoms with van der Waals surface area (Å²) in [5.41, 5.74) is 2.09. The van der Waals surface area contributed by atoms with E-state index in [4.69, 9.17) is 4.74 Å². The first-order chi connectivity index (χ1) is 14.3. The number of anilines is 1. The van der Waals surface area contributed by atoms with Crippen molar-refractivity contribution >= 4 is 11.8 Å². The number of carbonyl (C=O) groups excluding carboxylic acids is 1. The molecule has 10 heteroatoms. The lowest BCUT2D eigenvalue weighted by Crippen LogP contribution is -2.73. The summed E-state index contributed by atoms with van der Waals surface area (Å²) in [4.78, 5) is 16.1. The fourth-order valence-corrected chi connectivity index (χ4v) is 4.11. The number of benzene rings is 1. The normalized spacial score (nSPS) is 17.9. The van der Waals surface area contributed by atoms with Crippen LogP contribution in [0.4, 0.5) is 23.7 Å². The number of aromatic nitrogens is 2. The standard InChI is InChI=1S/C21H25F3N4O3/c1-14-17(9-25-28(14)15-5-7-16(8-6-15)30-21(22,23)24)26-10-20(11-26)12-27(13-20)18(29)31-19(2,3)4/h5-9H,10-13H2,1-4H3. The van der Waals surface area contributed by atoms with E-state index in [0.717, 1.165) is 24.5 Å². The molecule has 0 aliphatic carbocycles. The Morgan fingerprint density at radius 1 is 1.06 bits per heavy atom. The van der Waals surface area contributed by atoms with Crippen LogP contribution >= 0.6 is 0 Å². The molecule has 2 aromatic rings. The molecule has 4 rings (SSSR count). The van der Waals surface area contributed by atoms with Gasteiger partial charge in [-0.1, -0.05) is 0 Å². The molecule has 7 nitrogen and oxygen atoms in total. The van der Waals surface area contributed by atoms with Gasteiger partial charge in [-0.2, -0.15) is 5.10 Å². The minimum atomic E-state index is -4.72. The highest BCUT2D eigenvalue weighted by Gasteiger charge is 2.54. The second kappa shape index (κ2) is 7.06. The minimum absolute atomic E-state index is 0.0853. The van der Waals surface area contributed by atoms with Crippen LogP contribution in [0.3, 0.4) is 0 Å². The lowest BCUT2D eigenvalue weighted by molar-refractivity contribution is -0.274. The van der Waals surface area contributed by atoms with Gasteiger partial charge in [-0.3, -0.25) is 0 Å². The van der Waals surface area contributed by atoms with Gasteiger partial charge in [-0.25, -0.2) is 9.48 Å². The summed E-state index contributed by atoms with van der Waals surface area (Å²) in [6.07, 6.45) is -3.24. The van der Waals surface area contributed by atoms with Crippen LogP contribution in [0.15, 0.2) is 30.5 Å². The second-order valence-electron chi connectivity index (χ2n) is 9.26. The van der Waals surface area contributed by atoms with Crippen molar-refractivity contribution in [2.45, 2.75) is 39.7 Å². The molecule has 31 heavy (non-hydrogen) atoms. The summed E-state index contributed by atoms with van der Waals surface area (Å²) in [6, 6.07) is 5.60. The van der Waals surface area contributed by atoms with Gasteiger partial charge < -0.3 is 19.3 Å². The predicted molar refractivity (Wildman–Crippen MR) is 107 cm³/mol. The molecule has 0 unspecified atom stereocenters. The lowest BCUT2D eigenvalue weighted by atomic mass is 9.73. The number of amides is 1. The maximum atomic E-state index is 12.3. The Kier molecular flexibility index (Phi) is 4.86. The average Bonchev–Trinajstić information content (AvgIpc) is 2.91. The largest absolute Gasteiger partial charge is 0.573 e. The molecular weight excluding hydrogens is 413 g/mol. The SMILES string of the molecule is Cc1c(N2CC3(CN(C(=O)OC(C)(C)C)C3)C2)cnn1-c1ccc(OC(F)(F)F)cc1. The van der Waals surface area contributed by atoms with Crippen LogP contribution in [0.25, 0.3) is 5.69 Å². The molecule has 2 aliphatic heterocycles. The van der Waals surface area contributed by atoms with Gasteiger partial charge in [0.15, 0.2) is 0 Å². The first-order valence-corrected chi connectivity index (χ1v) is 9.98. The molecule has 2 saturated heterocycles. The Bertz CT molecular complexity index is 965. The second-order valence-corrected chi connectivity index (χ2v) is 9.26. The molecule has 0 radical (unpaired) electrons. The Balaban J connectivity index is 1.36. The number of hydrogen-bond acceptors (Lipinski definition) is 5. The molecule has 3 heterocycles. The Morgan fingerprint density at radius 3 is 2.23 bits per heavy atom. The molecular formula is C21H25F3N4O3. The van der Waals surface area contributed by atoms with E-state index in [9.17, 15) is 18.0 Å². The van der Waals surface area contributed by atoms with Gasteiger partial charge in [0.2, 0.25) is 0 Å². The molecule has 2 aliphatic rings. The Labute approximate surface area is 178 Å². The number of nitrogens with zero attached hydrogens (tertiary/aromatic N) is 4. The molecule has 2 fully saturated rings. The highest BCUT2D eigenvalue weighted by atomic mass is 19.4. The molecule has 1 aromatic heterocycles. The fourth-order valence-electron chi connectivity index (χ4n) is 4.11. The quantitative estimate of drug-likeness (QED) is 0.721. The first kappa shape index (κ1) is 21.3. The third kappa shape index (κ3) is 4.42. The molecule has 168 valence electrons. The summed E-state index contributed by atoms with van der Waals surface area (Å²) in [5, 5.41) is 4.40. The topological polar surface area (TPSA) is 59.8 Å². The number of hydrogen-bond donors (Lipinski definition) is 0. The first-order valence-electron chi connectivity index (χ1n) is 9.98. The summed E-state index contributed by atoms with van der Waals surface area (Å²) in [5.74, 6) is -0.273. The Morgan fingerprint density at radius 2 is 1.68 bits per heavy atom. The van der Waals surface area contributed by atoms with E-state index in [0.29, 0.717) is 18.8 Å². The number of halogens is 3. The minimum Gasteiger partial charge on any atom is -0.444 e. The van der Waals surface area contributed by atoms with Gasteiger partial charge in [-0.15, -0.1) is 13.2 Å². The molecule has 1 spiro atoms. The smallest absolute Gasteiger partial charge is 0.444 e. The van der Waals surface area contributed by atoms with Crippen molar-refractivity contribution in [3.8, 4) is 11.4 Å². The van der Waals surface area contributed by atoms with Gasteiger partial charge in [0.1, 0.15) is 11.4 Å².